The zero-order valence-corrected chi connectivity index (χ0v) is 16.1. The van der Waals surface area contributed by atoms with Crippen LogP contribution in [0.2, 0.25) is 0 Å². The predicted octanol–water partition coefficient (Wildman–Crippen LogP) is 6.29. The van der Waals surface area contributed by atoms with Gasteiger partial charge in [-0.3, -0.25) is 4.79 Å². The number of nitrogens with one attached hydrogen (secondary N) is 1. The van der Waals surface area contributed by atoms with Crippen LogP contribution in [0.3, 0.4) is 0 Å². The first-order valence-corrected chi connectivity index (χ1v) is 9.74. The largest absolute Gasteiger partial charge is 0.373 e. The van der Waals surface area contributed by atoms with E-state index in [9.17, 15) is 9.18 Å². The number of carbonyl (C=O) groups excluding carboxylic acids is 1. The molecule has 2 nitrogen and oxygen atoms in total. The monoisotopic (exact) mass is 371 g/mol. The van der Waals surface area contributed by atoms with E-state index in [1.54, 1.807) is 12.1 Å². The van der Waals surface area contributed by atoms with Gasteiger partial charge in [0.1, 0.15) is 5.82 Å². The van der Waals surface area contributed by atoms with Crippen molar-refractivity contribution in [2.75, 3.05) is 5.32 Å². The zero-order chi connectivity index (χ0) is 19.5. The molecule has 0 aromatic heterocycles. The molecule has 140 valence electrons. The summed E-state index contributed by atoms with van der Waals surface area (Å²) in [6, 6.07) is 18.7. The molecule has 0 amide bonds. The maximum Gasteiger partial charge on any atom is 0.162 e. The van der Waals surface area contributed by atoms with E-state index < -0.39 is 6.04 Å². The van der Waals surface area contributed by atoms with Crippen molar-refractivity contribution in [3.63, 3.8) is 0 Å². The highest BCUT2D eigenvalue weighted by Crippen LogP contribution is 2.52. The summed E-state index contributed by atoms with van der Waals surface area (Å²) in [5.74, 6) is -0.167. The lowest BCUT2D eigenvalue weighted by Gasteiger charge is -2.40. The third-order valence-corrected chi connectivity index (χ3v) is 5.96. The Kier molecular flexibility index (Phi) is 3.70. The highest BCUT2D eigenvalue weighted by molar-refractivity contribution is 6.12. The molecule has 1 atom stereocenters. The molecule has 3 heteroatoms. The van der Waals surface area contributed by atoms with E-state index in [2.05, 4.69) is 43.4 Å². The van der Waals surface area contributed by atoms with Gasteiger partial charge in [-0.05, 0) is 40.3 Å². The van der Waals surface area contributed by atoms with Gasteiger partial charge in [0.05, 0.1) is 6.04 Å². The van der Waals surface area contributed by atoms with Crippen LogP contribution in [-0.2, 0) is 4.79 Å². The maximum absolute atomic E-state index is 14.7. The number of fused-ring (bicyclic) bond motifs is 4. The molecule has 1 N–H and O–H groups in total. The molecule has 2 aliphatic rings. The number of rotatable bonds is 1. The molecule has 0 fully saturated rings. The number of allylic oxidation sites excluding steroid dienone is 1. The molecule has 1 unspecified atom stereocenters. The molecule has 1 aliphatic carbocycles. The Balaban J connectivity index is 1.83. The number of hydrogen-bond donors (Lipinski definition) is 1. The molecule has 1 heterocycles. The van der Waals surface area contributed by atoms with Crippen molar-refractivity contribution in [2.45, 2.75) is 32.7 Å². The Morgan fingerprint density at radius 3 is 2.54 bits per heavy atom. The van der Waals surface area contributed by atoms with Crippen LogP contribution in [0.4, 0.5) is 10.1 Å². The summed E-state index contributed by atoms with van der Waals surface area (Å²) in [5, 5.41) is 5.77. The van der Waals surface area contributed by atoms with E-state index in [-0.39, 0.29) is 17.0 Å². The summed E-state index contributed by atoms with van der Waals surface area (Å²) < 4.78 is 14.7. The van der Waals surface area contributed by atoms with Gasteiger partial charge in [0.25, 0.3) is 0 Å². The van der Waals surface area contributed by atoms with Gasteiger partial charge in [0, 0.05) is 28.8 Å². The second-order valence-corrected chi connectivity index (χ2v) is 8.64. The van der Waals surface area contributed by atoms with Gasteiger partial charge in [0.15, 0.2) is 5.78 Å². The minimum Gasteiger partial charge on any atom is -0.373 e. The highest BCUT2D eigenvalue weighted by atomic mass is 19.1. The fraction of sp³-hybridized carbons (Fsp3) is 0.240. The molecule has 0 bridgehead atoms. The second-order valence-electron chi connectivity index (χ2n) is 8.64. The van der Waals surface area contributed by atoms with E-state index in [1.807, 2.05) is 18.2 Å². The first-order valence-electron chi connectivity index (χ1n) is 9.74. The third-order valence-electron chi connectivity index (χ3n) is 5.96. The fourth-order valence-electron chi connectivity index (χ4n) is 4.78. The lowest BCUT2D eigenvalue weighted by molar-refractivity contribution is -0.118. The van der Waals surface area contributed by atoms with Crippen molar-refractivity contribution in [2.24, 2.45) is 5.41 Å². The molecule has 3 aromatic carbocycles. The Bertz CT molecular complexity index is 1160. The Hall–Kier alpha value is -2.94. The van der Waals surface area contributed by atoms with Crippen molar-refractivity contribution < 1.29 is 9.18 Å². The topological polar surface area (TPSA) is 29.1 Å². The normalized spacial score (nSPS) is 20.5. The molecular weight excluding hydrogens is 349 g/mol. The smallest absolute Gasteiger partial charge is 0.162 e. The van der Waals surface area contributed by atoms with Crippen molar-refractivity contribution >= 4 is 27.8 Å². The summed E-state index contributed by atoms with van der Waals surface area (Å²) in [7, 11) is 0. The van der Waals surface area contributed by atoms with E-state index in [4.69, 9.17) is 0 Å². The number of hydrogen-bond acceptors (Lipinski definition) is 2. The minimum absolute atomic E-state index is 0.110. The Labute approximate surface area is 164 Å². The summed E-state index contributed by atoms with van der Waals surface area (Å²) >= 11 is 0. The van der Waals surface area contributed by atoms with Gasteiger partial charge in [-0.25, -0.2) is 4.39 Å². The van der Waals surface area contributed by atoms with Gasteiger partial charge >= 0.3 is 0 Å². The molecule has 0 saturated heterocycles. The molecule has 1 aliphatic heterocycles. The van der Waals surface area contributed by atoms with Crippen molar-refractivity contribution in [3.05, 3.63) is 83.2 Å². The average Bonchev–Trinajstić information content (AvgIpc) is 2.66. The molecule has 28 heavy (non-hydrogen) atoms. The summed E-state index contributed by atoms with van der Waals surface area (Å²) in [5.41, 5.74) is 4.29. The predicted molar refractivity (Wildman–Crippen MR) is 112 cm³/mol. The van der Waals surface area contributed by atoms with E-state index in [0.717, 1.165) is 39.6 Å². The third kappa shape index (κ3) is 2.57. The van der Waals surface area contributed by atoms with Gasteiger partial charge < -0.3 is 5.32 Å². The lowest BCUT2D eigenvalue weighted by Crippen LogP contribution is -2.33. The molecule has 3 aromatic rings. The number of Topliss-reactive ketones (excluding diaryl/α,β-unsaturated/α-hetero) is 1. The van der Waals surface area contributed by atoms with E-state index in [0.29, 0.717) is 12.0 Å². The van der Waals surface area contributed by atoms with Gasteiger partial charge in [-0.15, -0.1) is 0 Å². The number of benzene rings is 3. The summed E-state index contributed by atoms with van der Waals surface area (Å²) in [6.07, 6.45) is 1.29. The van der Waals surface area contributed by atoms with E-state index >= 15 is 0 Å². The van der Waals surface area contributed by atoms with E-state index in [1.165, 1.54) is 6.07 Å². The van der Waals surface area contributed by atoms with Crippen molar-refractivity contribution in [3.8, 4) is 0 Å². The molecule has 0 spiro atoms. The van der Waals surface area contributed by atoms with Gasteiger partial charge in [-0.1, -0.05) is 62.4 Å². The second kappa shape index (κ2) is 6.03. The summed E-state index contributed by atoms with van der Waals surface area (Å²) in [6.45, 7) is 4.28. The van der Waals surface area contributed by atoms with Crippen LogP contribution in [-0.4, -0.2) is 5.78 Å². The van der Waals surface area contributed by atoms with Crippen LogP contribution in [0, 0.1) is 11.2 Å². The Morgan fingerprint density at radius 1 is 0.964 bits per heavy atom. The number of ketones is 1. The molecular formula is C25H22FNO. The first kappa shape index (κ1) is 17.2. The van der Waals surface area contributed by atoms with Crippen LogP contribution in [0.15, 0.2) is 66.2 Å². The van der Waals surface area contributed by atoms with Gasteiger partial charge in [0.2, 0.25) is 0 Å². The SMILES string of the molecule is CC1(C)CC(=O)C2=C(C1)c1c(ccc3ccccc13)NC2c1ccccc1F. The van der Waals surface area contributed by atoms with Crippen LogP contribution in [0.25, 0.3) is 16.3 Å². The quantitative estimate of drug-likeness (QED) is 0.545. The first-order chi connectivity index (χ1) is 13.4. The minimum atomic E-state index is -0.450. The number of anilines is 1. The van der Waals surface area contributed by atoms with Crippen LogP contribution in [0.1, 0.15) is 43.9 Å². The Morgan fingerprint density at radius 2 is 1.71 bits per heavy atom. The molecule has 5 rings (SSSR count). The fourth-order valence-corrected chi connectivity index (χ4v) is 4.78. The molecule has 0 radical (unpaired) electrons. The van der Waals surface area contributed by atoms with Crippen LogP contribution >= 0.6 is 0 Å². The highest BCUT2D eigenvalue weighted by Gasteiger charge is 2.41. The number of carbonyl (C=O) groups is 1. The van der Waals surface area contributed by atoms with Crippen molar-refractivity contribution in [1.82, 2.24) is 0 Å². The zero-order valence-electron chi connectivity index (χ0n) is 16.1. The lowest BCUT2D eigenvalue weighted by atomic mass is 9.68. The van der Waals surface area contributed by atoms with Crippen molar-refractivity contribution in [1.29, 1.82) is 0 Å². The maximum atomic E-state index is 14.7. The van der Waals surface area contributed by atoms with Crippen LogP contribution in [0.5, 0.6) is 0 Å². The van der Waals surface area contributed by atoms with Gasteiger partial charge in [-0.2, -0.15) is 0 Å². The summed E-state index contributed by atoms with van der Waals surface area (Å²) in [4.78, 5) is 13.3. The average molecular weight is 371 g/mol. The molecule has 0 saturated carbocycles. The standard InChI is InChI=1S/C25H22FNO/c1-25(2)13-18-22-16-8-4-3-7-15(16)11-12-20(22)27-24(23(18)21(28)14-25)17-9-5-6-10-19(17)26/h3-12,24,27H,13-14H2,1-2H3. The number of halogens is 1. The van der Waals surface area contributed by atoms with Crippen LogP contribution < -0.4 is 5.32 Å².